The van der Waals surface area contributed by atoms with Crippen LogP contribution in [0.1, 0.15) is 13.8 Å². The van der Waals surface area contributed by atoms with Gasteiger partial charge in [0.25, 0.3) is 0 Å². The van der Waals surface area contributed by atoms with E-state index in [1.807, 2.05) is 12.4 Å². The summed E-state index contributed by atoms with van der Waals surface area (Å²) in [6.07, 6.45) is 0. The summed E-state index contributed by atoms with van der Waals surface area (Å²) in [4.78, 5) is 6.32. The summed E-state index contributed by atoms with van der Waals surface area (Å²) in [5, 5.41) is 2.87. The smallest absolute Gasteiger partial charge is 0.187 e. The Balaban J connectivity index is 2.58. The second kappa shape index (κ2) is 3.76. The van der Waals surface area contributed by atoms with E-state index in [1.54, 1.807) is 11.3 Å². The summed E-state index contributed by atoms with van der Waals surface area (Å²) in [6, 6.07) is 0. The van der Waals surface area contributed by atoms with Gasteiger partial charge in [0, 0.05) is 19.0 Å². The molecule has 3 nitrogen and oxygen atoms in total. The Morgan fingerprint density at radius 2 is 2.33 bits per heavy atom. The average Bonchev–Trinajstić information content (AvgIpc) is 2.34. The molecule has 68 valence electrons. The average molecular weight is 185 g/mol. The minimum Gasteiger partial charge on any atom is -0.383 e. The van der Waals surface area contributed by atoms with Crippen molar-refractivity contribution >= 4 is 22.3 Å². The van der Waals surface area contributed by atoms with Crippen LogP contribution in [0.3, 0.4) is 0 Å². The van der Waals surface area contributed by atoms with Gasteiger partial charge in [-0.2, -0.15) is 0 Å². The van der Waals surface area contributed by atoms with Crippen molar-refractivity contribution in [1.29, 1.82) is 0 Å². The minimum atomic E-state index is 0.616. The van der Waals surface area contributed by atoms with Crippen LogP contribution in [0.4, 0.5) is 10.9 Å². The van der Waals surface area contributed by atoms with E-state index in [1.165, 1.54) is 0 Å². The first-order chi connectivity index (χ1) is 5.59. The van der Waals surface area contributed by atoms with Gasteiger partial charge >= 0.3 is 0 Å². The Bertz CT molecular complexity index is 244. The van der Waals surface area contributed by atoms with Crippen LogP contribution in [0.15, 0.2) is 5.38 Å². The maximum atomic E-state index is 5.52. The lowest BCUT2D eigenvalue weighted by atomic mass is 10.2. The van der Waals surface area contributed by atoms with Gasteiger partial charge in [0.1, 0.15) is 5.82 Å². The Hall–Kier alpha value is -0.770. The van der Waals surface area contributed by atoms with Gasteiger partial charge in [0.05, 0.1) is 0 Å². The van der Waals surface area contributed by atoms with E-state index in [0.29, 0.717) is 11.7 Å². The zero-order valence-electron chi connectivity index (χ0n) is 7.74. The van der Waals surface area contributed by atoms with Crippen molar-refractivity contribution in [3.8, 4) is 0 Å². The molecule has 0 bridgehead atoms. The summed E-state index contributed by atoms with van der Waals surface area (Å²) in [5.74, 6) is 1.27. The highest BCUT2D eigenvalue weighted by Gasteiger charge is 2.06. The molecule has 0 saturated heterocycles. The third kappa shape index (κ3) is 2.37. The molecule has 1 aromatic rings. The lowest BCUT2D eigenvalue weighted by Crippen LogP contribution is -2.22. The topological polar surface area (TPSA) is 42.2 Å². The molecular formula is C8H15N3S. The molecule has 0 aliphatic heterocycles. The number of thiazole rings is 1. The molecule has 0 aliphatic carbocycles. The van der Waals surface area contributed by atoms with E-state index in [0.717, 1.165) is 11.7 Å². The standard InChI is InChI=1S/C8H15N3S/c1-6(2)4-11(3)8-10-7(9)5-12-8/h5-6H,4,9H2,1-3H3. The van der Waals surface area contributed by atoms with E-state index < -0.39 is 0 Å². The fraction of sp³-hybridized carbons (Fsp3) is 0.625. The molecule has 2 N–H and O–H groups in total. The van der Waals surface area contributed by atoms with Gasteiger partial charge in [0.15, 0.2) is 5.13 Å². The predicted octanol–water partition coefficient (Wildman–Crippen LogP) is 1.82. The number of anilines is 2. The first-order valence-corrected chi connectivity index (χ1v) is 4.89. The molecule has 0 aromatic carbocycles. The first kappa shape index (κ1) is 9.32. The molecule has 1 aromatic heterocycles. The normalized spacial score (nSPS) is 10.7. The van der Waals surface area contributed by atoms with E-state index in [2.05, 4.69) is 23.7 Å². The molecule has 0 radical (unpaired) electrons. The molecular weight excluding hydrogens is 170 g/mol. The maximum absolute atomic E-state index is 5.52. The number of nitrogen functional groups attached to an aromatic ring is 1. The van der Waals surface area contributed by atoms with E-state index in [9.17, 15) is 0 Å². The lowest BCUT2D eigenvalue weighted by Gasteiger charge is -2.17. The minimum absolute atomic E-state index is 0.616. The SMILES string of the molecule is CC(C)CN(C)c1nc(N)cs1. The molecule has 4 heteroatoms. The van der Waals surface area contributed by atoms with Crippen LogP contribution in [0, 0.1) is 5.92 Å². The molecule has 0 aliphatic rings. The molecule has 1 rings (SSSR count). The van der Waals surface area contributed by atoms with Gasteiger partial charge in [-0.25, -0.2) is 4.98 Å². The second-order valence-corrected chi connectivity index (χ2v) is 4.17. The fourth-order valence-electron chi connectivity index (χ4n) is 1.08. The Kier molecular flexibility index (Phi) is 2.92. The zero-order valence-corrected chi connectivity index (χ0v) is 8.56. The van der Waals surface area contributed by atoms with Crippen LogP contribution >= 0.6 is 11.3 Å². The largest absolute Gasteiger partial charge is 0.383 e. The van der Waals surface area contributed by atoms with Gasteiger partial charge in [0.2, 0.25) is 0 Å². The summed E-state index contributed by atoms with van der Waals surface area (Å²) in [5.41, 5.74) is 5.52. The Labute approximate surface area is 77.2 Å². The van der Waals surface area contributed by atoms with Gasteiger partial charge in [-0.15, -0.1) is 11.3 Å². The summed E-state index contributed by atoms with van der Waals surface area (Å²) < 4.78 is 0. The van der Waals surface area contributed by atoms with Crippen LogP contribution in [0.5, 0.6) is 0 Å². The lowest BCUT2D eigenvalue weighted by molar-refractivity contribution is 0.638. The molecule has 1 heterocycles. The van der Waals surface area contributed by atoms with Crippen LogP contribution in [-0.4, -0.2) is 18.6 Å². The van der Waals surface area contributed by atoms with Crippen LogP contribution < -0.4 is 10.6 Å². The fourth-order valence-corrected chi connectivity index (χ4v) is 1.77. The van der Waals surface area contributed by atoms with Crippen molar-refractivity contribution in [1.82, 2.24) is 4.98 Å². The quantitative estimate of drug-likeness (QED) is 0.781. The zero-order chi connectivity index (χ0) is 9.14. The van der Waals surface area contributed by atoms with Crippen LogP contribution in [-0.2, 0) is 0 Å². The third-order valence-corrected chi connectivity index (χ3v) is 2.45. The van der Waals surface area contributed by atoms with E-state index in [-0.39, 0.29) is 0 Å². The number of hydrogen-bond donors (Lipinski definition) is 1. The predicted molar refractivity (Wildman–Crippen MR) is 54.6 cm³/mol. The first-order valence-electron chi connectivity index (χ1n) is 4.01. The number of nitrogens with two attached hydrogens (primary N) is 1. The van der Waals surface area contributed by atoms with E-state index >= 15 is 0 Å². The number of nitrogens with zero attached hydrogens (tertiary/aromatic N) is 2. The van der Waals surface area contributed by atoms with Crippen molar-refractivity contribution in [2.24, 2.45) is 5.92 Å². The number of hydrogen-bond acceptors (Lipinski definition) is 4. The van der Waals surface area contributed by atoms with E-state index in [4.69, 9.17) is 5.73 Å². The monoisotopic (exact) mass is 185 g/mol. The number of aromatic nitrogens is 1. The van der Waals surface area contributed by atoms with Gasteiger partial charge in [-0.3, -0.25) is 0 Å². The van der Waals surface area contributed by atoms with Crippen molar-refractivity contribution in [2.75, 3.05) is 24.2 Å². The van der Waals surface area contributed by atoms with Gasteiger partial charge in [-0.05, 0) is 5.92 Å². The van der Waals surface area contributed by atoms with Crippen LogP contribution in [0.25, 0.3) is 0 Å². The molecule has 0 unspecified atom stereocenters. The molecule has 0 amide bonds. The van der Waals surface area contributed by atoms with Crippen molar-refractivity contribution < 1.29 is 0 Å². The summed E-state index contributed by atoms with van der Waals surface area (Å²) in [7, 11) is 2.04. The molecule has 12 heavy (non-hydrogen) atoms. The highest BCUT2D eigenvalue weighted by molar-refractivity contribution is 7.14. The third-order valence-electron chi connectivity index (χ3n) is 1.48. The Morgan fingerprint density at radius 1 is 1.67 bits per heavy atom. The highest BCUT2D eigenvalue weighted by atomic mass is 32.1. The molecule has 0 saturated carbocycles. The summed E-state index contributed by atoms with van der Waals surface area (Å²) in [6.45, 7) is 5.40. The van der Waals surface area contributed by atoms with Crippen molar-refractivity contribution in [2.45, 2.75) is 13.8 Å². The summed E-state index contributed by atoms with van der Waals surface area (Å²) >= 11 is 1.59. The second-order valence-electron chi connectivity index (χ2n) is 3.33. The molecule has 0 fully saturated rings. The van der Waals surface area contributed by atoms with Gasteiger partial charge in [-0.1, -0.05) is 13.8 Å². The Morgan fingerprint density at radius 3 is 2.75 bits per heavy atom. The maximum Gasteiger partial charge on any atom is 0.187 e. The highest BCUT2D eigenvalue weighted by Crippen LogP contribution is 2.20. The number of rotatable bonds is 3. The van der Waals surface area contributed by atoms with Crippen molar-refractivity contribution in [3.63, 3.8) is 0 Å². The molecule has 0 atom stereocenters. The van der Waals surface area contributed by atoms with Gasteiger partial charge < -0.3 is 10.6 Å². The van der Waals surface area contributed by atoms with Crippen LogP contribution in [0.2, 0.25) is 0 Å². The van der Waals surface area contributed by atoms with Crippen molar-refractivity contribution in [3.05, 3.63) is 5.38 Å². The molecule has 0 spiro atoms.